The van der Waals surface area contributed by atoms with E-state index in [1.54, 1.807) is 6.20 Å². The predicted octanol–water partition coefficient (Wildman–Crippen LogP) is 1.71. The number of pyridine rings is 1. The minimum Gasteiger partial charge on any atom is -0.316 e. The van der Waals surface area contributed by atoms with Crippen LogP contribution in [0.15, 0.2) is 36.5 Å². The molecule has 3 heteroatoms. The van der Waals surface area contributed by atoms with E-state index in [2.05, 4.69) is 10.5 Å². The van der Waals surface area contributed by atoms with Gasteiger partial charge >= 0.3 is 0 Å². The summed E-state index contributed by atoms with van der Waals surface area (Å²) >= 11 is 0. The molecule has 2 rings (SSSR count). The van der Waals surface area contributed by atoms with Gasteiger partial charge in [-0.3, -0.25) is 4.98 Å². The molecule has 0 saturated heterocycles. The van der Waals surface area contributed by atoms with Gasteiger partial charge in [0.15, 0.2) is 0 Å². The Hall–Kier alpha value is -1.45. The smallest absolute Gasteiger partial charge is 0.0702 e. The molecule has 1 aromatic carbocycles. The van der Waals surface area contributed by atoms with Crippen LogP contribution in [0.5, 0.6) is 0 Å². The molecule has 1 aromatic heterocycles. The van der Waals surface area contributed by atoms with Gasteiger partial charge in [0.1, 0.15) is 0 Å². The first-order valence-electron chi connectivity index (χ1n) is 4.11. The van der Waals surface area contributed by atoms with Gasteiger partial charge in [0.05, 0.1) is 5.52 Å². The second kappa shape index (κ2) is 3.51. The molecule has 13 heavy (non-hydrogen) atoms. The highest BCUT2D eigenvalue weighted by atomic mass is 16.5. The molecule has 0 unspecified atom stereocenters. The number of benzene rings is 1. The van der Waals surface area contributed by atoms with Crippen molar-refractivity contribution in [2.45, 2.75) is 6.54 Å². The van der Waals surface area contributed by atoms with Crippen molar-refractivity contribution >= 4 is 10.9 Å². The molecule has 1 heterocycles. The Labute approximate surface area is 76.0 Å². The fourth-order valence-electron chi connectivity index (χ4n) is 1.30. The summed E-state index contributed by atoms with van der Waals surface area (Å²) in [6, 6.07) is 9.90. The van der Waals surface area contributed by atoms with Gasteiger partial charge in [-0.05, 0) is 17.7 Å². The van der Waals surface area contributed by atoms with E-state index in [4.69, 9.17) is 5.21 Å². The number of fused-ring (bicyclic) bond motifs is 1. The first-order valence-corrected chi connectivity index (χ1v) is 4.11. The van der Waals surface area contributed by atoms with E-state index in [9.17, 15) is 0 Å². The fraction of sp³-hybridized carbons (Fsp3) is 0.100. The maximum absolute atomic E-state index is 8.51. The molecule has 0 radical (unpaired) electrons. The number of hydroxylamine groups is 1. The van der Waals surface area contributed by atoms with Gasteiger partial charge in [-0.25, -0.2) is 5.48 Å². The van der Waals surface area contributed by atoms with Crippen LogP contribution in [-0.4, -0.2) is 10.2 Å². The van der Waals surface area contributed by atoms with Gasteiger partial charge in [0.2, 0.25) is 0 Å². The monoisotopic (exact) mass is 174 g/mol. The third-order valence-electron chi connectivity index (χ3n) is 1.93. The minimum atomic E-state index is 0.428. The summed E-state index contributed by atoms with van der Waals surface area (Å²) in [5, 5.41) is 9.61. The van der Waals surface area contributed by atoms with Crippen molar-refractivity contribution in [2.75, 3.05) is 0 Å². The average molecular weight is 174 g/mol. The highest BCUT2D eigenvalue weighted by Gasteiger charge is 1.95. The van der Waals surface area contributed by atoms with Crippen molar-refractivity contribution in [1.82, 2.24) is 10.5 Å². The van der Waals surface area contributed by atoms with E-state index in [0.29, 0.717) is 6.54 Å². The van der Waals surface area contributed by atoms with Crippen LogP contribution in [0, 0.1) is 0 Å². The molecule has 0 aliphatic heterocycles. The van der Waals surface area contributed by atoms with Crippen LogP contribution in [0.1, 0.15) is 5.56 Å². The first kappa shape index (κ1) is 8.16. The SMILES string of the molecule is ONCc1cnc2ccccc2c1. The molecule has 0 saturated carbocycles. The van der Waals surface area contributed by atoms with Crippen LogP contribution < -0.4 is 5.48 Å². The van der Waals surface area contributed by atoms with Crippen molar-refractivity contribution in [3.05, 3.63) is 42.1 Å². The number of nitrogens with zero attached hydrogens (tertiary/aromatic N) is 1. The second-order valence-electron chi connectivity index (χ2n) is 2.87. The third-order valence-corrected chi connectivity index (χ3v) is 1.93. The van der Waals surface area contributed by atoms with E-state index in [0.717, 1.165) is 16.5 Å². The topological polar surface area (TPSA) is 45.1 Å². The maximum atomic E-state index is 8.51. The third kappa shape index (κ3) is 1.66. The Morgan fingerprint density at radius 3 is 3.00 bits per heavy atom. The van der Waals surface area contributed by atoms with Crippen molar-refractivity contribution < 1.29 is 5.21 Å². The number of nitrogens with one attached hydrogen (secondary N) is 1. The van der Waals surface area contributed by atoms with E-state index < -0.39 is 0 Å². The molecular formula is C10H10N2O. The van der Waals surface area contributed by atoms with Gasteiger partial charge in [-0.15, -0.1) is 0 Å². The lowest BCUT2D eigenvalue weighted by atomic mass is 10.2. The zero-order valence-corrected chi connectivity index (χ0v) is 7.07. The zero-order chi connectivity index (χ0) is 9.10. The molecule has 0 atom stereocenters. The summed E-state index contributed by atoms with van der Waals surface area (Å²) in [6.07, 6.45) is 1.76. The van der Waals surface area contributed by atoms with Crippen LogP contribution in [0.2, 0.25) is 0 Å². The van der Waals surface area contributed by atoms with Gasteiger partial charge in [-0.2, -0.15) is 0 Å². The van der Waals surface area contributed by atoms with Crippen molar-refractivity contribution in [2.24, 2.45) is 0 Å². The molecule has 2 aromatic rings. The standard InChI is InChI=1S/C10H10N2O/c13-12-7-8-5-9-3-1-2-4-10(9)11-6-8/h1-6,12-13H,7H2. The summed E-state index contributed by atoms with van der Waals surface area (Å²) in [5.41, 5.74) is 4.06. The van der Waals surface area contributed by atoms with Crippen LogP contribution in [0.4, 0.5) is 0 Å². The fourth-order valence-corrected chi connectivity index (χ4v) is 1.30. The Kier molecular flexibility index (Phi) is 2.21. The van der Waals surface area contributed by atoms with Gasteiger partial charge < -0.3 is 5.21 Å². The summed E-state index contributed by atoms with van der Waals surface area (Å²) in [7, 11) is 0. The molecule has 2 N–H and O–H groups in total. The number of aromatic nitrogens is 1. The van der Waals surface area contributed by atoms with Crippen LogP contribution in [0.25, 0.3) is 10.9 Å². The molecule has 0 spiro atoms. The molecule has 0 aliphatic rings. The second-order valence-corrected chi connectivity index (χ2v) is 2.87. The molecule has 3 nitrogen and oxygen atoms in total. The van der Waals surface area contributed by atoms with Crippen LogP contribution in [-0.2, 0) is 6.54 Å². The number of hydrogen-bond acceptors (Lipinski definition) is 3. The van der Waals surface area contributed by atoms with E-state index >= 15 is 0 Å². The molecule has 66 valence electrons. The summed E-state index contributed by atoms with van der Waals surface area (Å²) in [5.74, 6) is 0. The lowest BCUT2D eigenvalue weighted by Gasteiger charge is -2.00. The van der Waals surface area contributed by atoms with E-state index in [1.807, 2.05) is 30.3 Å². The number of hydrogen-bond donors (Lipinski definition) is 2. The average Bonchev–Trinajstić information content (AvgIpc) is 2.18. The Morgan fingerprint density at radius 2 is 2.15 bits per heavy atom. The normalized spacial score (nSPS) is 10.5. The predicted molar refractivity (Wildman–Crippen MR) is 50.4 cm³/mol. The van der Waals surface area contributed by atoms with Crippen LogP contribution in [0.3, 0.4) is 0 Å². The quantitative estimate of drug-likeness (QED) is 0.681. The summed E-state index contributed by atoms with van der Waals surface area (Å²) < 4.78 is 0. The Morgan fingerprint density at radius 1 is 1.31 bits per heavy atom. The molecule has 0 aliphatic carbocycles. The van der Waals surface area contributed by atoms with Crippen molar-refractivity contribution in [3.63, 3.8) is 0 Å². The first-order chi connectivity index (χ1) is 6.40. The highest BCUT2D eigenvalue weighted by molar-refractivity contribution is 5.78. The molecule has 0 fully saturated rings. The number of rotatable bonds is 2. The largest absolute Gasteiger partial charge is 0.316 e. The Bertz CT molecular complexity index is 414. The zero-order valence-electron chi connectivity index (χ0n) is 7.07. The summed E-state index contributed by atoms with van der Waals surface area (Å²) in [6.45, 7) is 0.428. The van der Waals surface area contributed by atoms with Gasteiger partial charge in [0, 0.05) is 18.1 Å². The molecule has 0 bridgehead atoms. The van der Waals surface area contributed by atoms with Crippen LogP contribution >= 0.6 is 0 Å². The Balaban J connectivity index is 2.49. The number of para-hydroxylation sites is 1. The lowest BCUT2D eigenvalue weighted by molar-refractivity contribution is 0.161. The van der Waals surface area contributed by atoms with Crippen molar-refractivity contribution in [1.29, 1.82) is 0 Å². The van der Waals surface area contributed by atoms with E-state index in [1.165, 1.54) is 0 Å². The minimum absolute atomic E-state index is 0.428. The molecular weight excluding hydrogens is 164 g/mol. The molecule has 0 amide bonds. The van der Waals surface area contributed by atoms with Gasteiger partial charge in [0.25, 0.3) is 0 Å². The highest BCUT2D eigenvalue weighted by Crippen LogP contribution is 2.12. The van der Waals surface area contributed by atoms with E-state index in [-0.39, 0.29) is 0 Å². The van der Waals surface area contributed by atoms with Crippen molar-refractivity contribution in [3.8, 4) is 0 Å². The van der Waals surface area contributed by atoms with Gasteiger partial charge in [-0.1, -0.05) is 18.2 Å². The lowest BCUT2D eigenvalue weighted by Crippen LogP contribution is -2.06. The summed E-state index contributed by atoms with van der Waals surface area (Å²) in [4.78, 5) is 4.25. The maximum Gasteiger partial charge on any atom is 0.0702 e.